The maximum absolute atomic E-state index is 2.51. The van der Waals surface area contributed by atoms with E-state index in [4.69, 9.17) is 0 Å². The standard InChI is InChI=1S/C41H48/c1-38(2,3)28-15-18-32-27(21-28)13-12-25-20-26(14-17-31(25)32)34-22-30(40(7,8)9)24-36-37(34)33-19-16-29(39(4,5)6)23-35(33)41(36,10)11/h12-14,16-17,19-24H,15,18H2,1-11H3. The van der Waals surface area contributed by atoms with Crippen LogP contribution in [0.3, 0.4) is 0 Å². The molecule has 0 fully saturated rings. The Morgan fingerprint density at radius 2 is 1.27 bits per heavy atom. The molecular formula is C41H48. The summed E-state index contributed by atoms with van der Waals surface area (Å²) in [6, 6.07) is 24.2. The van der Waals surface area contributed by atoms with E-state index in [1.165, 1.54) is 66.4 Å². The molecule has 0 saturated carbocycles. The topological polar surface area (TPSA) is 0 Å². The van der Waals surface area contributed by atoms with Crippen LogP contribution in [-0.4, -0.2) is 0 Å². The lowest BCUT2D eigenvalue weighted by molar-refractivity contribution is 0.484. The van der Waals surface area contributed by atoms with Crippen LogP contribution in [0.15, 0.2) is 66.2 Å². The molecule has 0 radical (unpaired) electrons. The molecule has 0 atom stereocenters. The van der Waals surface area contributed by atoms with Crippen molar-refractivity contribution >= 4 is 16.8 Å². The third-order valence-electron chi connectivity index (χ3n) is 9.92. The summed E-state index contributed by atoms with van der Waals surface area (Å²) in [6.45, 7) is 25.9. The number of hydrogen-bond donors (Lipinski definition) is 0. The molecule has 2 aliphatic carbocycles. The second-order valence-electron chi connectivity index (χ2n) is 16.3. The Balaban J connectivity index is 1.57. The van der Waals surface area contributed by atoms with Crippen LogP contribution in [0.1, 0.15) is 116 Å². The van der Waals surface area contributed by atoms with Crippen LogP contribution in [0.4, 0.5) is 0 Å². The Morgan fingerprint density at radius 1 is 0.585 bits per heavy atom. The molecule has 0 amide bonds. The molecule has 0 bridgehead atoms. The van der Waals surface area contributed by atoms with Gasteiger partial charge in [0.15, 0.2) is 0 Å². The van der Waals surface area contributed by atoms with Gasteiger partial charge in [0.1, 0.15) is 0 Å². The van der Waals surface area contributed by atoms with Crippen LogP contribution in [-0.2, 0) is 22.7 Å². The predicted octanol–water partition coefficient (Wildman–Crippen LogP) is 11.8. The lowest BCUT2D eigenvalue weighted by Crippen LogP contribution is -2.19. The molecule has 0 N–H and O–H groups in total. The van der Waals surface area contributed by atoms with Crippen LogP contribution in [0.5, 0.6) is 0 Å². The molecule has 4 aromatic rings. The minimum absolute atomic E-state index is 0.0467. The fraction of sp³-hybridized carbons (Fsp3) is 0.415. The molecule has 4 aromatic carbocycles. The van der Waals surface area contributed by atoms with Gasteiger partial charge in [0, 0.05) is 5.41 Å². The molecule has 0 aliphatic heterocycles. The van der Waals surface area contributed by atoms with Gasteiger partial charge in [-0.15, -0.1) is 0 Å². The molecule has 212 valence electrons. The van der Waals surface area contributed by atoms with Crippen molar-refractivity contribution in [3.05, 3.63) is 99.6 Å². The van der Waals surface area contributed by atoms with Gasteiger partial charge in [-0.3, -0.25) is 0 Å². The molecule has 0 nitrogen and oxygen atoms in total. The zero-order valence-electron chi connectivity index (χ0n) is 27.3. The lowest BCUT2D eigenvalue weighted by Gasteiger charge is -2.28. The molecule has 0 heteroatoms. The normalized spacial score (nSPS) is 16.3. The highest BCUT2D eigenvalue weighted by Crippen LogP contribution is 2.54. The Morgan fingerprint density at radius 3 is 1.93 bits per heavy atom. The predicted molar refractivity (Wildman–Crippen MR) is 180 cm³/mol. The van der Waals surface area contributed by atoms with E-state index < -0.39 is 0 Å². The highest BCUT2D eigenvalue weighted by atomic mass is 14.4. The van der Waals surface area contributed by atoms with Crippen molar-refractivity contribution in [3.8, 4) is 22.3 Å². The Labute approximate surface area is 248 Å². The second-order valence-corrected chi connectivity index (χ2v) is 16.3. The van der Waals surface area contributed by atoms with Crippen LogP contribution < -0.4 is 0 Å². The third-order valence-corrected chi connectivity index (χ3v) is 9.92. The smallest absolute Gasteiger partial charge is 0.0159 e. The Bertz CT molecular complexity index is 1730. The van der Waals surface area contributed by atoms with E-state index in [0.717, 1.165) is 12.8 Å². The zero-order valence-corrected chi connectivity index (χ0v) is 27.3. The van der Waals surface area contributed by atoms with Gasteiger partial charge in [0.05, 0.1) is 0 Å². The van der Waals surface area contributed by atoms with Crippen molar-refractivity contribution < 1.29 is 0 Å². The Hall–Kier alpha value is -3.12. The number of benzene rings is 4. The fourth-order valence-electron chi connectivity index (χ4n) is 7.08. The summed E-state index contributed by atoms with van der Waals surface area (Å²) in [5.41, 5.74) is 16.1. The van der Waals surface area contributed by atoms with E-state index in [1.54, 1.807) is 5.57 Å². The van der Waals surface area contributed by atoms with Crippen LogP contribution in [0, 0.1) is 5.41 Å². The van der Waals surface area contributed by atoms with Gasteiger partial charge in [-0.25, -0.2) is 0 Å². The maximum atomic E-state index is 2.51. The second kappa shape index (κ2) is 8.94. The molecule has 0 spiro atoms. The third kappa shape index (κ3) is 4.59. The molecule has 2 aliphatic rings. The van der Waals surface area contributed by atoms with Crippen molar-refractivity contribution in [3.63, 3.8) is 0 Å². The molecular weight excluding hydrogens is 492 g/mol. The molecule has 0 unspecified atom stereocenters. The summed E-state index contributed by atoms with van der Waals surface area (Å²) >= 11 is 0. The van der Waals surface area contributed by atoms with E-state index in [0.29, 0.717) is 0 Å². The highest BCUT2D eigenvalue weighted by Gasteiger charge is 2.39. The molecule has 6 rings (SSSR count). The van der Waals surface area contributed by atoms with E-state index >= 15 is 0 Å². The summed E-state index contributed by atoms with van der Waals surface area (Å²) in [4.78, 5) is 0. The van der Waals surface area contributed by atoms with Gasteiger partial charge in [-0.1, -0.05) is 136 Å². The van der Waals surface area contributed by atoms with Crippen LogP contribution >= 0.6 is 0 Å². The zero-order chi connectivity index (χ0) is 29.7. The minimum atomic E-state index is -0.0467. The number of hydrogen-bond acceptors (Lipinski definition) is 0. The average molecular weight is 541 g/mol. The molecule has 0 aromatic heterocycles. The van der Waals surface area contributed by atoms with Crippen LogP contribution in [0.25, 0.3) is 39.1 Å². The largest absolute Gasteiger partial charge is 0.0639 e. The Kier molecular flexibility index (Phi) is 6.11. The maximum Gasteiger partial charge on any atom is 0.0159 e. The van der Waals surface area contributed by atoms with Crippen molar-refractivity contribution in [2.24, 2.45) is 5.41 Å². The van der Waals surface area contributed by atoms with E-state index in [1.807, 2.05) is 0 Å². The van der Waals surface area contributed by atoms with Gasteiger partial charge >= 0.3 is 0 Å². The van der Waals surface area contributed by atoms with Crippen molar-refractivity contribution in [2.75, 3.05) is 0 Å². The van der Waals surface area contributed by atoms with Crippen molar-refractivity contribution in [2.45, 2.75) is 105 Å². The fourth-order valence-corrected chi connectivity index (χ4v) is 7.08. The van der Waals surface area contributed by atoms with Gasteiger partial charge < -0.3 is 0 Å². The number of rotatable bonds is 1. The molecule has 0 heterocycles. The van der Waals surface area contributed by atoms with E-state index in [2.05, 4.69) is 143 Å². The first-order valence-electron chi connectivity index (χ1n) is 15.6. The SMILES string of the molecule is CC(C)(C)C1=Cc2ccc3cc(-c4cc(C(C)(C)C)cc5c4-c4ccc(C(C)(C)C)cc4C5(C)C)ccc3c2CC1. The highest BCUT2D eigenvalue weighted by molar-refractivity contribution is 5.98. The molecule has 41 heavy (non-hydrogen) atoms. The lowest BCUT2D eigenvalue weighted by atomic mass is 9.76. The van der Waals surface area contributed by atoms with Gasteiger partial charge in [-0.05, 0) is 108 Å². The summed E-state index contributed by atoms with van der Waals surface area (Å²) in [6.07, 6.45) is 4.74. The van der Waals surface area contributed by atoms with Crippen molar-refractivity contribution in [1.82, 2.24) is 0 Å². The number of aryl methyl sites for hydroxylation is 1. The monoisotopic (exact) mass is 540 g/mol. The number of allylic oxidation sites excluding steroid dienone is 1. The summed E-state index contributed by atoms with van der Waals surface area (Å²) in [5.74, 6) is 0. The summed E-state index contributed by atoms with van der Waals surface area (Å²) < 4.78 is 0. The van der Waals surface area contributed by atoms with Crippen LogP contribution in [0.2, 0.25) is 0 Å². The first-order valence-corrected chi connectivity index (χ1v) is 15.6. The van der Waals surface area contributed by atoms with Gasteiger partial charge in [0.25, 0.3) is 0 Å². The quantitative estimate of drug-likeness (QED) is 0.225. The van der Waals surface area contributed by atoms with Gasteiger partial charge in [-0.2, -0.15) is 0 Å². The summed E-state index contributed by atoms with van der Waals surface area (Å²) in [5, 5.41) is 2.76. The van der Waals surface area contributed by atoms with E-state index in [-0.39, 0.29) is 21.7 Å². The van der Waals surface area contributed by atoms with Crippen molar-refractivity contribution in [1.29, 1.82) is 0 Å². The molecule has 0 saturated heterocycles. The average Bonchev–Trinajstić information content (AvgIpc) is 3.12. The first-order chi connectivity index (χ1) is 19.0. The first kappa shape index (κ1) is 28.0. The summed E-state index contributed by atoms with van der Waals surface area (Å²) in [7, 11) is 0. The minimum Gasteiger partial charge on any atom is -0.0639 e. The van der Waals surface area contributed by atoms with Gasteiger partial charge in [0.2, 0.25) is 0 Å². The van der Waals surface area contributed by atoms with E-state index in [9.17, 15) is 0 Å². The number of fused-ring (bicyclic) bond motifs is 6.